The number of likely N-dealkylation sites (tertiary alicyclic amines) is 1. The van der Waals surface area contributed by atoms with Crippen molar-refractivity contribution in [2.24, 2.45) is 0 Å². The molecule has 0 aliphatic carbocycles. The zero-order valence-electron chi connectivity index (χ0n) is 18.7. The lowest BCUT2D eigenvalue weighted by Crippen LogP contribution is -2.30. The number of benzene rings is 1. The zero-order valence-corrected chi connectivity index (χ0v) is 18.7. The normalized spacial score (nSPS) is 13.5. The van der Waals surface area contributed by atoms with Gasteiger partial charge in [-0.1, -0.05) is 39.5 Å². The van der Waals surface area contributed by atoms with Crippen LogP contribution < -0.4 is 14.8 Å². The van der Waals surface area contributed by atoms with Gasteiger partial charge in [0, 0.05) is 31.6 Å². The van der Waals surface area contributed by atoms with Crippen molar-refractivity contribution in [1.29, 1.82) is 0 Å². The van der Waals surface area contributed by atoms with Gasteiger partial charge in [-0.15, -0.1) is 0 Å². The van der Waals surface area contributed by atoms with E-state index in [0.717, 1.165) is 57.9 Å². The molecule has 0 unspecified atom stereocenters. The van der Waals surface area contributed by atoms with E-state index in [4.69, 9.17) is 9.47 Å². The highest BCUT2D eigenvalue weighted by atomic mass is 16.5. The molecule has 6 nitrogen and oxygen atoms in total. The van der Waals surface area contributed by atoms with Gasteiger partial charge in [0.25, 0.3) is 5.91 Å². The minimum atomic E-state index is -0.126. The van der Waals surface area contributed by atoms with Crippen LogP contribution in [0.2, 0.25) is 0 Å². The first-order chi connectivity index (χ1) is 14.7. The Hall–Kier alpha value is -2.24. The second kappa shape index (κ2) is 13.9. The minimum absolute atomic E-state index is 0.126. The number of nitrogens with one attached hydrogen (secondary N) is 1. The van der Waals surface area contributed by atoms with Gasteiger partial charge < -0.3 is 19.7 Å². The van der Waals surface area contributed by atoms with Crippen LogP contribution in [0.4, 0.5) is 0 Å². The van der Waals surface area contributed by atoms with E-state index in [0.29, 0.717) is 49.8 Å². The minimum Gasteiger partial charge on any atom is -0.490 e. The Balaban J connectivity index is 1.87. The maximum Gasteiger partial charge on any atom is 0.251 e. The molecule has 0 spiro atoms. The summed E-state index contributed by atoms with van der Waals surface area (Å²) in [5.74, 6) is 1.43. The van der Waals surface area contributed by atoms with Crippen LogP contribution in [-0.2, 0) is 4.79 Å². The summed E-state index contributed by atoms with van der Waals surface area (Å²) in [7, 11) is 0. The van der Waals surface area contributed by atoms with E-state index in [2.05, 4.69) is 19.2 Å². The Morgan fingerprint density at radius 2 is 1.70 bits per heavy atom. The van der Waals surface area contributed by atoms with Crippen molar-refractivity contribution >= 4 is 11.8 Å². The Kier molecular flexibility index (Phi) is 11.1. The molecule has 1 fully saturated rings. The third kappa shape index (κ3) is 8.25. The number of nitrogens with zero attached hydrogens (tertiary/aromatic N) is 1. The molecular weight excluding hydrogens is 380 g/mol. The Labute approximate surface area is 181 Å². The summed E-state index contributed by atoms with van der Waals surface area (Å²) in [6.45, 7) is 7.69. The molecule has 30 heavy (non-hydrogen) atoms. The van der Waals surface area contributed by atoms with Crippen molar-refractivity contribution in [2.45, 2.75) is 71.6 Å². The van der Waals surface area contributed by atoms with E-state index in [1.807, 2.05) is 11.0 Å². The second-order valence-corrected chi connectivity index (χ2v) is 7.87. The fourth-order valence-electron chi connectivity index (χ4n) is 3.46. The molecular formula is C24H38N2O4. The van der Waals surface area contributed by atoms with Gasteiger partial charge in [-0.3, -0.25) is 9.59 Å². The highest BCUT2D eigenvalue weighted by Gasteiger charge is 2.19. The summed E-state index contributed by atoms with van der Waals surface area (Å²) < 4.78 is 11.8. The fourth-order valence-corrected chi connectivity index (χ4v) is 3.46. The highest BCUT2D eigenvalue weighted by molar-refractivity contribution is 5.94. The molecule has 1 aromatic carbocycles. The van der Waals surface area contributed by atoms with Gasteiger partial charge in [0.1, 0.15) is 0 Å². The molecule has 1 aromatic rings. The molecule has 0 radical (unpaired) electrons. The highest BCUT2D eigenvalue weighted by Crippen LogP contribution is 2.29. The summed E-state index contributed by atoms with van der Waals surface area (Å²) in [5.41, 5.74) is 0.568. The van der Waals surface area contributed by atoms with Gasteiger partial charge in [0.2, 0.25) is 5.91 Å². The van der Waals surface area contributed by atoms with Crippen LogP contribution >= 0.6 is 0 Å². The second-order valence-electron chi connectivity index (χ2n) is 7.87. The largest absolute Gasteiger partial charge is 0.490 e. The molecule has 6 heteroatoms. The Bertz CT molecular complexity index is 663. The average molecular weight is 419 g/mol. The molecule has 168 valence electrons. The molecule has 0 saturated carbocycles. The van der Waals surface area contributed by atoms with Gasteiger partial charge >= 0.3 is 0 Å². The molecule has 1 aliphatic heterocycles. The summed E-state index contributed by atoms with van der Waals surface area (Å²) >= 11 is 0. The SMILES string of the molecule is CCCCCOc1ccc(C(=O)NCCCN2CCCC2=O)cc1OCCCCC. The first-order valence-corrected chi connectivity index (χ1v) is 11.6. The van der Waals surface area contributed by atoms with E-state index >= 15 is 0 Å². The molecule has 1 aliphatic rings. The van der Waals surface area contributed by atoms with E-state index in [9.17, 15) is 9.59 Å². The number of hydrogen-bond acceptors (Lipinski definition) is 4. The van der Waals surface area contributed by atoms with Crippen LogP contribution in [0.3, 0.4) is 0 Å². The molecule has 0 bridgehead atoms. The lowest BCUT2D eigenvalue weighted by Gasteiger charge is -2.16. The first kappa shape index (κ1) is 24.0. The van der Waals surface area contributed by atoms with Crippen molar-refractivity contribution < 1.29 is 19.1 Å². The quantitative estimate of drug-likeness (QED) is 0.424. The maximum absolute atomic E-state index is 12.6. The molecule has 1 saturated heterocycles. The fraction of sp³-hybridized carbons (Fsp3) is 0.667. The third-order valence-corrected chi connectivity index (χ3v) is 5.28. The number of amides is 2. The number of carbonyl (C=O) groups is 2. The predicted molar refractivity (Wildman–Crippen MR) is 119 cm³/mol. The monoisotopic (exact) mass is 418 g/mol. The van der Waals surface area contributed by atoms with Crippen molar-refractivity contribution in [1.82, 2.24) is 10.2 Å². The molecule has 0 aromatic heterocycles. The van der Waals surface area contributed by atoms with Crippen LogP contribution in [0, 0.1) is 0 Å². The first-order valence-electron chi connectivity index (χ1n) is 11.6. The van der Waals surface area contributed by atoms with Crippen molar-refractivity contribution in [3.8, 4) is 11.5 Å². The third-order valence-electron chi connectivity index (χ3n) is 5.28. The topological polar surface area (TPSA) is 67.9 Å². The Morgan fingerprint density at radius 1 is 1.00 bits per heavy atom. The number of unbranched alkanes of at least 4 members (excludes halogenated alkanes) is 4. The van der Waals surface area contributed by atoms with Crippen molar-refractivity contribution in [3.05, 3.63) is 23.8 Å². The predicted octanol–water partition coefficient (Wildman–Crippen LogP) is 4.57. The molecule has 2 rings (SSSR count). The van der Waals surface area contributed by atoms with Gasteiger partial charge in [0.05, 0.1) is 13.2 Å². The van der Waals surface area contributed by atoms with Crippen LogP contribution in [0.15, 0.2) is 18.2 Å². The molecule has 2 amide bonds. The van der Waals surface area contributed by atoms with Crippen LogP contribution in [0.1, 0.15) is 82.0 Å². The van der Waals surface area contributed by atoms with Gasteiger partial charge in [-0.2, -0.15) is 0 Å². The summed E-state index contributed by atoms with van der Waals surface area (Å²) in [5, 5.41) is 2.95. The zero-order chi connectivity index (χ0) is 21.6. The van der Waals surface area contributed by atoms with E-state index in [1.165, 1.54) is 0 Å². The summed E-state index contributed by atoms with van der Waals surface area (Å²) in [4.78, 5) is 26.1. The standard InChI is InChI=1S/C24H38N2O4/c1-3-5-7-17-29-21-13-12-20(19-22(21)30-18-8-6-4-2)24(28)25-14-10-16-26-15-9-11-23(26)27/h12-13,19H,3-11,14-18H2,1-2H3,(H,25,28). The Morgan fingerprint density at radius 3 is 2.33 bits per heavy atom. The van der Waals surface area contributed by atoms with Crippen molar-refractivity contribution in [2.75, 3.05) is 32.8 Å². The number of carbonyl (C=O) groups excluding carboxylic acids is 2. The lowest BCUT2D eigenvalue weighted by molar-refractivity contribution is -0.127. The number of hydrogen-bond donors (Lipinski definition) is 1. The summed E-state index contributed by atoms with van der Waals surface area (Å²) in [6.07, 6.45) is 8.88. The van der Waals surface area contributed by atoms with E-state index in [-0.39, 0.29) is 11.8 Å². The number of ether oxygens (including phenoxy) is 2. The smallest absolute Gasteiger partial charge is 0.251 e. The maximum atomic E-state index is 12.6. The van der Waals surface area contributed by atoms with E-state index in [1.54, 1.807) is 12.1 Å². The molecule has 1 N–H and O–H groups in total. The van der Waals surface area contributed by atoms with Crippen LogP contribution in [0.5, 0.6) is 11.5 Å². The molecule has 0 atom stereocenters. The van der Waals surface area contributed by atoms with Gasteiger partial charge in [-0.25, -0.2) is 0 Å². The van der Waals surface area contributed by atoms with Gasteiger partial charge in [-0.05, 0) is 43.9 Å². The molecule has 1 heterocycles. The summed E-state index contributed by atoms with van der Waals surface area (Å²) in [6, 6.07) is 5.40. The lowest BCUT2D eigenvalue weighted by atomic mass is 10.2. The average Bonchev–Trinajstić information content (AvgIpc) is 3.17. The van der Waals surface area contributed by atoms with Crippen molar-refractivity contribution in [3.63, 3.8) is 0 Å². The van der Waals surface area contributed by atoms with E-state index < -0.39 is 0 Å². The number of rotatable bonds is 15. The van der Waals surface area contributed by atoms with Gasteiger partial charge in [0.15, 0.2) is 11.5 Å². The van der Waals surface area contributed by atoms with Crippen LogP contribution in [0.25, 0.3) is 0 Å². The van der Waals surface area contributed by atoms with Crippen LogP contribution in [-0.4, -0.2) is 49.6 Å².